The molecule has 2 rings (SSSR count). The normalized spacial score (nSPS) is 23.2. The molecular weight excluding hydrogens is 226 g/mol. The SMILES string of the molecule is COc1ncccc1[C@@H]1CNC[C@H]1C#N.Cl. The minimum atomic E-state index is 0. The fourth-order valence-electron chi connectivity index (χ4n) is 2.00. The minimum absolute atomic E-state index is 0. The Morgan fingerprint density at radius 1 is 1.56 bits per heavy atom. The first-order chi connectivity index (χ1) is 7.36. The summed E-state index contributed by atoms with van der Waals surface area (Å²) in [6, 6.07) is 6.18. The quantitative estimate of drug-likeness (QED) is 0.846. The maximum Gasteiger partial charge on any atom is 0.216 e. The van der Waals surface area contributed by atoms with Crippen LogP contribution in [-0.2, 0) is 0 Å². The summed E-state index contributed by atoms with van der Waals surface area (Å²) in [5.74, 6) is 0.841. The predicted molar refractivity (Wildman–Crippen MR) is 62.8 cm³/mol. The Hall–Kier alpha value is -1.31. The van der Waals surface area contributed by atoms with E-state index in [1.54, 1.807) is 13.3 Å². The molecule has 5 heteroatoms. The van der Waals surface area contributed by atoms with Gasteiger partial charge in [0.1, 0.15) is 0 Å². The van der Waals surface area contributed by atoms with Crippen LogP contribution in [0.1, 0.15) is 11.5 Å². The average Bonchev–Trinajstić information content (AvgIpc) is 2.76. The van der Waals surface area contributed by atoms with Crippen molar-refractivity contribution in [2.24, 2.45) is 5.92 Å². The molecular formula is C11H14ClN3O. The summed E-state index contributed by atoms with van der Waals surface area (Å²) in [5, 5.41) is 12.2. The van der Waals surface area contributed by atoms with E-state index in [0.717, 1.165) is 18.7 Å². The van der Waals surface area contributed by atoms with Gasteiger partial charge in [-0.15, -0.1) is 12.4 Å². The van der Waals surface area contributed by atoms with Crippen molar-refractivity contribution in [2.75, 3.05) is 20.2 Å². The van der Waals surface area contributed by atoms with Gasteiger partial charge >= 0.3 is 0 Å². The van der Waals surface area contributed by atoms with E-state index in [1.807, 2.05) is 12.1 Å². The third-order valence-electron chi connectivity index (χ3n) is 2.77. The van der Waals surface area contributed by atoms with Gasteiger partial charge in [-0.05, 0) is 6.07 Å². The third kappa shape index (κ3) is 2.26. The maximum atomic E-state index is 9.01. The van der Waals surface area contributed by atoms with Crippen molar-refractivity contribution in [1.82, 2.24) is 10.3 Å². The van der Waals surface area contributed by atoms with Gasteiger partial charge in [-0.1, -0.05) is 6.07 Å². The molecule has 1 fully saturated rings. The zero-order chi connectivity index (χ0) is 10.7. The number of methoxy groups -OCH3 is 1. The van der Waals surface area contributed by atoms with Crippen molar-refractivity contribution >= 4 is 12.4 Å². The zero-order valence-corrected chi connectivity index (χ0v) is 9.83. The van der Waals surface area contributed by atoms with Crippen molar-refractivity contribution in [3.8, 4) is 11.9 Å². The predicted octanol–water partition coefficient (Wildman–Crippen LogP) is 1.34. The minimum Gasteiger partial charge on any atom is -0.481 e. The molecule has 0 bridgehead atoms. The lowest BCUT2D eigenvalue weighted by Gasteiger charge is -2.14. The Morgan fingerprint density at radius 3 is 3.06 bits per heavy atom. The molecule has 0 spiro atoms. The highest BCUT2D eigenvalue weighted by Crippen LogP contribution is 2.32. The highest BCUT2D eigenvalue weighted by atomic mass is 35.5. The fourth-order valence-corrected chi connectivity index (χ4v) is 2.00. The van der Waals surface area contributed by atoms with Gasteiger partial charge in [0.15, 0.2) is 0 Å². The molecule has 0 aliphatic carbocycles. The van der Waals surface area contributed by atoms with Gasteiger partial charge in [-0.3, -0.25) is 0 Å². The first-order valence-corrected chi connectivity index (χ1v) is 4.96. The lowest BCUT2D eigenvalue weighted by atomic mass is 9.90. The Balaban J connectivity index is 0.00000128. The van der Waals surface area contributed by atoms with Crippen LogP contribution < -0.4 is 10.1 Å². The van der Waals surface area contributed by atoms with Crippen LogP contribution in [0.25, 0.3) is 0 Å². The van der Waals surface area contributed by atoms with Gasteiger partial charge in [0, 0.05) is 30.8 Å². The molecule has 0 amide bonds. The molecule has 0 aromatic carbocycles. The number of nitrogens with zero attached hydrogens (tertiary/aromatic N) is 2. The summed E-state index contributed by atoms with van der Waals surface area (Å²) in [5.41, 5.74) is 1.02. The van der Waals surface area contributed by atoms with Crippen LogP contribution in [0.5, 0.6) is 5.88 Å². The molecule has 1 N–H and O–H groups in total. The van der Waals surface area contributed by atoms with E-state index in [-0.39, 0.29) is 24.2 Å². The fraction of sp³-hybridized carbons (Fsp3) is 0.455. The van der Waals surface area contributed by atoms with Gasteiger partial charge in [0.05, 0.1) is 19.1 Å². The lowest BCUT2D eigenvalue weighted by Crippen LogP contribution is -2.10. The van der Waals surface area contributed by atoms with Gasteiger partial charge < -0.3 is 10.1 Å². The molecule has 1 aliphatic heterocycles. The summed E-state index contributed by atoms with van der Waals surface area (Å²) in [4.78, 5) is 4.15. The standard InChI is InChI=1S/C11H13N3O.ClH/c1-15-11-9(3-2-4-14-11)10-7-13-6-8(10)5-12;/h2-4,8,10,13H,6-7H2,1H3;1H/t8-,10-;/m1./s1. The number of nitrogens with one attached hydrogen (secondary N) is 1. The largest absolute Gasteiger partial charge is 0.481 e. The Labute approximate surface area is 101 Å². The summed E-state index contributed by atoms with van der Waals surface area (Å²) in [6.45, 7) is 1.57. The summed E-state index contributed by atoms with van der Waals surface area (Å²) < 4.78 is 5.20. The highest BCUT2D eigenvalue weighted by Gasteiger charge is 2.30. The topological polar surface area (TPSA) is 57.9 Å². The molecule has 1 aromatic heterocycles. The van der Waals surface area contributed by atoms with Gasteiger partial charge in [0.2, 0.25) is 5.88 Å². The molecule has 1 aliphatic rings. The molecule has 16 heavy (non-hydrogen) atoms. The number of pyridine rings is 1. The van der Waals surface area contributed by atoms with Crippen molar-refractivity contribution in [3.05, 3.63) is 23.9 Å². The Morgan fingerprint density at radius 2 is 2.38 bits per heavy atom. The van der Waals surface area contributed by atoms with E-state index in [0.29, 0.717) is 5.88 Å². The van der Waals surface area contributed by atoms with E-state index in [1.165, 1.54) is 0 Å². The molecule has 0 unspecified atom stereocenters. The van der Waals surface area contributed by atoms with Crippen LogP contribution in [0.4, 0.5) is 0 Å². The third-order valence-corrected chi connectivity index (χ3v) is 2.77. The first kappa shape index (κ1) is 12.8. The molecule has 1 aromatic rings. The smallest absolute Gasteiger partial charge is 0.216 e. The Bertz CT molecular complexity index is 391. The number of aromatic nitrogens is 1. The number of halogens is 1. The van der Waals surface area contributed by atoms with Gasteiger partial charge in [-0.2, -0.15) is 5.26 Å². The molecule has 4 nitrogen and oxygen atoms in total. The molecule has 2 atom stereocenters. The van der Waals surface area contributed by atoms with Crippen molar-refractivity contribution in [3.63, 3.8) is 0 Å². The number of ether oxygens (including phenoxy) is 1. The number of nitriles is 1. The summed E-state index contributed by atoms with van der Waals surface area (Å²) in [6.07, 6.45) is 1.70. The highest BCUT2D eigenvalue weighted by molar-refractivity contribution is 5.85. The monoisotopic (exact) mass is 239 g/mol. The van der Waals surface area contributed by atoms with Gasteiger partial charge in [0.25, 0.3) is 0 Å². The number of hydrogen-bond donors (Lipinski definition) is 1. The number of hydrogen-bond acceptors (Lipinski definition) is 4. The first-order valence-electron chi connectivity index (χ1n) is 4.96. The second-order valence-corrected chi connectivity index (χ2v) is 3.60. The Kier molecular flexibility index (Phi) is 4.53. The zero-order valence-electron chi connectivity index (χ0n) is 9.01. The number of rotatable bonds is 2. The average molecular weight is 240 g/mol. The van der Waals surface area contributed by atoms with Crippen LogP contribution in [0.2, 0.25) is 0 Å². The second kappa shape index (κ2) is 5.69. The van der Waals surface area contributed by atoms with Crippen molar-refractivity contribution < 1.29 is 4.74 Å². The van der Waals surface area contributed by atoms with Crippen LogP contribution in [0, 0.1) is 17.2 Å². The molecule has 1 saturated heterocycles. The molecule has 86 valence electrons. The van der Waals surface area contributed by atoms with Crippen LogP contribution in [0.3, 0.4) is 0 Å². The molecule has 0 saturated carbocycles. The van der Waals surface area contributed by atoms with E-state index in [9.17, 15) is 0 Å². The van der Waals surface area contributed by atoms with E-state index >= 15 is 0 Å². The molecule has 0 radical (unpaired) electrons. The van der Waals surface area contributed by atoms with Crippen LogP contribution in [-0.4, -0.2) is 25.2 Å². The van der Waals surface area contributed by atoms with Crippen molar-refractivity contribution in [2.45, 2.75) is 5.92 Å². The lowest BCUT2D eigenvalue weighted by molar-refractivity contribution is 0.387. The van der Waals surface area contributed by atoms with E-state index in [2.05, 4.69) is 16.4 Å². The van der Waals surface area contributed by atoms with E-state index < -0.39 is 0 Å². The van der Waals surface area contributed by atoms with E-state index in [4.69, 9.17) is 10.00 Å². The van der Waals surface area contributed by atoms with Crippen LogP contribution in [0.15, 0.2) is 18.3 Å². The maximum absolute atomic E-state index is 9.01. The van der Waals surface area contributed by atoms with Crippen LogP contribution >= 0.6 is 12.4 Å². The van der Waals surface area contributed by atoms with Gasteiger partial charge in [-0.25, -0.2) is 4.98 Å². The summed E-state index contributed by atoms with van der Waals surface area (Å²) >= 11 is 0. The molecule has 2 heterocycles. The summed E-state index contributed by atoms with van der Waals surface area (Å²) in [7, 11) is 1.61. The van der Waals surface area contributed by atoms with Crippen molar-refractivity contribution in [1.29, 1.82) is 5.26 Å². The second-order valence-electron chi connectivity index (χ2n) is 3.60.